The minimum absolute atomic E-state index is 0.0497. The van der Waals surface area contributed by atoms with Gasteiger partial charge in [-0.05, 0) is 62.9 Å². The standard InChI is InChI=1S/C37H41FN8O5/c1-20(2)46-28-12-8-21(15-23(28)18-40-46)30-31-33-29(44(4)37(49)45(33)25-10-9-24(17-25)41-36(48)51-6)19-39-34(31)42-32(30)22-7-11-26(27(38)16-22)35(47)43(3)13-14-50-5/h7-8,11-12,15-16,18-20,24-25H,9-10,13-14,17H2,1-6H3,(H,39,42)(H,41,48)/t24-,25-/m1/s1. The lowest BCUT2D eigenvalue weighted by Gasteiger charge is -2.17. The molecule has 1 aliphatic rings. The van der Waals surface area contributed by atoms with Crippen LogP contribution in [0.1, 0.15) is 55.6 Å². The zero-order chi connectivity index (χ0) is 36.1. The van der Waals surface area contributed by atoms with Crippen molar-refractivity contribution in [3.05, 3.63) is 70.7 Å². The molecule has 4 heterocycles. The molecule has 2 atom stereocenters. The van der Waals surface area contributed by atoms with E-state index in [2.05, 4.69) is 29.2 Å². The van der Waals surface area contributed by atoms with Gasteiger partial charge in [0.05, 0.1) is 59.3 Å². The van der Waals surface area contributed by atoms with E-state index >= 15 is 4.39 Å². The van der Waals surface area contributed by atoms with Crippen molar-refractivity contribution in [2.75, 3.05) is 34.4 Å². The number of rotatable bonds is 9. The van der Waals surface area contributed by atoms with E-state index in [4.69, 9.17) is 14.5 Å². The molecule has 0 bridgehead atoms. The van der Waals surface area contributed by atoms with Gasteiger partial charge in [0.2, 0.25) is 0 Å². The summed E-state index contributed by atoms with van der Waals surface area (Å²) in [5.74, 6) is -1.11. The smallest absolute Gasteiger partial charge is 0.407 e. The van der Waals surface area contributed by atoms with Gasteiger partial charge in [-0.15, -0.1) is 0 Å². The minimum Gasteiger partial charge on any atom is -0.453 e. The summed E-state index contributed by atoms with van der Waals surface area (Å²) in [5.41, 5.74) is 5.23. The minimum atomic E-state index is -0.662. The van der Waals surface area contributed by atoms with Crippen LogP contribution in [0.15, 0.2) is 53.6 Å². The molecule has 0 unspecified atom stereocenters. The van der Waals surface area contributed by atoms with Crippen molar-refractivity contribution in [2.24, 2.45) is 7.05 Å². The van der Waals surface area contributed by atoms with Gasteiger partial charge in [-0.1, -0.05) is 12.1 Å². The molecule has 0 spiro atoms. The summed E-state index contributed by atoms with van der Waals surface area (Å²) in [6.45, 7) is 4.79. The van der Waals surface area contributed by atoms with Crippen LogP contribution < -0.4 is 11.0 Å². The van der Waals surface area contributed by atoms with Crippen molar-refractivity contribution < 1.29 is 23.5 Å². The Morgan fingerprint density at radius 2 is 1.88 bits per heavy atom. The van der Waals surface area contributed by atoms with Gasteiger partial charge in [0, 0.05) is 62.4 Å². The number of nitrogens with zero attached hydrogens (tertiary/aromatic N) is 6. The largest absolute Gasteiger partial charge is 0.453 e. The fourth-order valence-electron chi connectivity index (χ4n) is 7.37. The van der Waals surface area contributed by atoms with Crippen LogP contribution in [0.2, 0.25) is 0 Å². The summed E-state index contributed by atoms with van der Waals surface area (Å²) in [4.78, 5) is 48.8. The van der Waals surface area contributed by atoms with Gasteiger partial charge in [-0.2, -0.15) is 5.10 Å². The van der Waals surface area contributed by atoms with Gasteiger partial charge in [0.25, 0.3) is 5.91 Å². The predicted molar refractivity (Wildman–Crippen MR) is 192 cm³/mol. The van der Waals surface area contributed by atoms with E-state index in [0.717, 1.165) is 22.0 Å². The fraction of sp³-hybridized carbons (Fsp3) is 0.378. The maximum Gasteiger partial charge on any atom is 0.407 e. The van der Waals surface area contributed by atoms with E-state index in [9.17, 15) is 14.4 Å². The van der Waals surface area contributed by atoms with Crippen LogP contribution >= 0.6 is 0 Å². The molecule has 0 saturated heterocycles. The number of hydrogen-bond acceptors (Lipinski definition) is 7. The second-order valence-electron chi connectivity index (χ2n) is 13.5. The van der Waals surface area contributed by atoms with Crippen molar-refractivity contribution in [3.8, 4) is 22.4 Å². The number of ether oxygens (including phenoxy) is 2. The first-order chi connectivity index (χ1) is 24.5. The number of alkyl carbamates (subject to hydrolysis) is 1. The van der Waals surface area contributed by atoms with Crippen LogP contribution in [0.3, 0.4) is 0 Å². The van der Waals surface area contributed by atoms with E-state index < -0.39 is 17.8 Å². The van der Waals surface area contributed by atoms with E-state index in [0.29, 0.717) is 65.7 Å². The SMILES string of the molecule is COCCN(C)C(=O)c1ccc(-c2[nH]c3ncc4c(c3c2-c2ccc3c(cnn3C(C)C)c2)n([C@@H]2CC[C@@H](NC(=O)OC)C2)c(=O)n4C)cc1F. The number of imidazole rings is 1. The first kappa shape index (κ1) is 34.0. The Balaban J connectivity index is 1.45. The molecule has 1 saturated carbocycles. The second-order valence-corrected chi connectivity index (χ2v) is 13.5. The molecule has 2 amide bonds. The quantitative estimate of drug-likeness (QED) is 0.195. The molecule has 51 heavy (non-hydrogen) atoms. The molecule has 6 aromatic rings. The van der Waals surface area contributed by atoms with Crippen LogP contribution in [0.5, 0.6) is 0 Å². The Kier molecular flexibility index (Phi) is 8.87. The van der Waals surface area contributed by atoms with E-state index in [1.807, 2.05) is 33.6 Å². The van der Waals surface area contributed by atoms with Crippen LogP contribution in [-0.4, -0.2) is 86.2 Å². The summed E-state index contributed by atoms with van der Waals surface area (Å²) < 4.78 is 31.1. The second kappa shape index (κ2) is 13.3. The number of hydrogen-bond donors (Lipinski definition) is 2. The van der Waals surface area contributed by atoms with Gasteiger partial charge in [-0.25, -0.2) is 19.0 Å². The number of carbonyl (C=O) groups excluding carboxylic acids is 2. The third-order valence-electron chi connectivity index (χ3n) is 9.99. The fourth-order valence-corrected chi connectivity index (χ4v) is 7.37. The molecule has 2 N–H and O–H groups in total. The van der Waals surface area contributed by atoms with Gasteiger partial charge < -0.3 is 24.7 Å². The Bertz CT molecular complexity index is 2370. The van der Waals surface area contributed by atoms with Crippen LogP contribution in [0.4, 0.5) is 9.18 Å². The van der Waals surface area contributed by atoms with Crippen molar-refractivity contribution in [1.29, 1.82) is 0 Å². The average molecular weight is 697 g/mol. The molecule has 0 radical (unpaired) electrons. The highest BCUT2D eigenvalue weighted by Gasteiger charge is 2.32. The first-order valence-electron chi connectivity index (χ1n) is 17.0. The Labute approximate surface area is 292 Å². The molecule has 7 rings (SSSR count). The number of carbonyl (C=O) groups is 2. The molecule has 4 aromatic heterocycles. The number of fused-ring (bicyclic) bond motifs is 4. The number of likely N-dealkylation sites (N-methyl/N-ethyl adjacent to an activating group) is 1. The van der Waals surface area contributed by atoms with Crippen LogP contribution in [-0.2, 0) is 16.5 Å². The number of benzene rings is 2. The highest BCUT2D eigenvalue weighted by molar-refractivity contribution is 6.15. The molecule has 2 aromatic carbocycles. The highest BCUT2D eigenvalue weighted by atomic mass is 19.1. The number of pyridine rings is 1. The van der Waals surface area contributed by atoms with Gasteiger partial charge in [-0.3, -0.25) is 18.6 Å². The molecular weight excluding hydrogens is 655 g/mol. The number of aromatic nitrogens is 6. The van der Waals surface area contributed by atoms with Crippen LogP contribution in [0.25, 0.3) is 55.4 Å². The number of aryl methyl sites for hydroxylation is 1. The number of aromatic amines is 1. The molecule has 266 valence electrons. The molecule has 13 nitrogen and oxygen atoms in total. The summed E-state index contributed by atoms with van der Waals surface area (Å²) in [5, 5.41) is 9.13. The predicted octanol–water partition coefficient (Wildman–Crippen LogP) is 5.79. The topological polar surface area (TPSA) is 141 Å². The summed E-state index contributed by atoms with van der Waals surface area (Å²) in [6, 6.07) is 10.4. The molecule has 1 aliphatic carbocycles. The average Bonchev–Trinajstić information content (AvgIpc) is 3.90. The Morgan fingerprint density at radius 1 is 1.10 bits per heavy atom. The van der Waals surface area contributed by atoms with Crippen LogP contribution in [0, 0.1) is 5.82 Å². The molecule has 1 fully saturated rings. The number of amides is 2. The highest BCUT2D eigenvalue weighted by Crippen LogP contribution is 2.43. The van der Waals surface area contributed by atoms with Crippen molar-refractivity contribution in [1.82, 2.24) is 39.1 Å². The Morgan fingerprint density at radius 3 is 2.61 bits per heavy atom. The van der Waals surface area contributed by atoms with Crippen molar-refractivity contribution in [2.45, 2.75) is 51.2 Å². The monoisotopic (exact) mass is 696 g/mol. The van der Waals surface area contributed by atoms with Gasteiger partial charge >= 0.3 is 11.8 Å². The molecular formula is C37H41FN8O5. The Hall–Kier alpha value is -5.50. The first-order valence-corrected chi connectivity index (χ1v) is 17.0. The zero-order valence-electron chi connectivity index (χ0n) is 29.5. The number of methoxy groups -OCH3 is 2. The van der Waals surface area contributed by atoms with E-state index in [1.165, 1.54) is 24.1 Å². The lowest BCUT2D eigenvalue weighted by Crippen LogP contribution is -2.33. The third kappa shape index (κ3) is 5.82. The summed E-state index contributed by atoms with van der Waals surface area (Å²) >= 11 is 0. The lowest BCUT2D eigenvalue weighted by atomic mass is 9.96. The maximum atomic E-state index is 15.9. The van der Waals surface area contributed by atoms with Crippen molar-refractivity contribution in [3.63, 3.8) is 0 Å². The van der Waals surface area contributed by atoms with E-state index in [1.54, 1.807) is 38.0 Å². The zero-order valence-corrected chi connectivity index (χ0v) is 29.5. The lowest BCUT2D eigenvalue weighted by molar-refractivity contribution is 0.0739. The summed E-state index contributed by atoms with van der Waals surface area (Å²) in [6.07, 6.45) is 4.89. The van der Waals surface area contributed by atoms with Gasteiger partial charge in [0.1, 0.15) is 11.5 Å². The molecule has 14 heteroatoms. The number of nitrogens with one attached hydrogen (secondary N) is 2. The summed E-state index contributed by atoms with van der Waals surface area (Å²) in [7, 11) is 6.21. The number of halogens is 1. The molecule has 0 aliphatic heterocycles. The van der Waals surface area contributed by atoms with Gasteiger partial charge in [0.15, 0.2) is 0 Å². The third-order valence-corrected chi connectivity index (χ3v) is 9.99. The van der Waals surface area contributed by atoms with Crippen molar-refractivity contribution >= 4 is 45.0 Å². The number of H-pyrrole nitrogens is 1. The normalized spacial score (nSPS) is 16.2. The maximum absolute atomic E-state index is 15.9. The van der Waals surface area contributed by atoms with E-state index in [-0.39, 0.29) is 29.4 Å².